The zero-order valence-electron chi connectivity index (χ0n) is 14.0. The van der Waals surface area contributed by atoms with E-state index in [-0.39, 0.29) is 12.2 Å². The van der Waals surface area contributed by atoms with Gasteiger partial charge in [0.15, 0.2) is 0 Å². The maximum atomic E-state index is 12.5. The molecule has 0 spiro atoms. The van der Waals surface area contributed by atoms with Gasteiger partial charge in [0.05, 0.1) is 16.5 Å². The topological polar surface area (TPSA) is 61.2 Å². The monoisotopic (exact) mass is 334 g/mol. The Labute approximate surface area is 144 Å². The van der Waals surface area contributed by atoms with Crippen molar-refractivity contribution in [2.75, 3.05) is 0 Å². The predicted octanol–water partition coefficient (Wildman–Crippen LogP) is 3.01. The fraction of sp³-hybridized carbons (Fsp3) is 0.250. The molecular weight excluding hydrogens is 316 g/mol. The molecule has 0 unspecified atom stereocenters. The second kappa shape index (κ2) is 6.16. The molecule has 2 heterocycles. The molecule has 0 bridgehead atoms. The Bertz CT molecular complexity index is 1040. The Morgan fingerprint density at radius 2 is 2.08 bits per heavy atom. The van der Waals surface area contributed by atoms with Crippen LogP contribution in [0.5, 0.6) is 0 Å². The van der Waals surface area contributed by atoms with Gasteiger partial charge in [-0.25, -0.2) is 9.78 Å². The van der Waals surface area contributed by atoms with Crippen LogP contribution < -0.4 is 5.56 Å². The lowest BCUT2D eigenvalue weighted by Gasteiger charge is -2.09. The zero-order chi connectivity index (χ0) is 17.4. The summed E-state index contributed by atoms with van der Waals surface area (Å²) in [4.78, 5) is 29.4. The summed E-state index contributed by atoms with van der Waals surface area (Å²) in [5, 5.41) is 0.543. The largest absolute Gasteiger partial charge is 0.457 e. The molecule has 0 atom stereocenters. The lowest BCUT2D eigenvalue weighted by atomic mass is 10.1. The molecule has 0 radical (unpaired) electrons. The highest BCUT2D eigenvalue weighted by atomic mass is 16.5. The average Bonchev–Trinajstić information content (AvgIpc) is 3.09. The van der Waals surface area contributed by atoms with Crippen LogP contribution in [-0.4, -0.2) is 15.5 Å². The molecule has 4 rings (SSSR count). The summed E-state index contributed by atoms with van der Waals surface area (Å²) >= 11 is 0. The van der Waals surface area contributed by atoms with Crippen LogP contribution in [0.2, 0.25) is 0 Å². The molecule has 1 aliphatic rings. The quantitative estimate of drug-likeness (QED) is 0.691. The van der Waals surface area contributed by atoms with Gasteiger partial charge in [-0.2, -0.15) is 0 Å². The van der Waals surface area contributed by atoms with Crippen molar-refractivity contribution >= 4 is 16.9 Å². The van der Waals surface area contributed by atoms with Gasteiger partial charge >= 0.3 is 5.97 Å². The Kier molecular flexibility index (Phi) is 3.84. The minimum atomic E-state index is -0.410. The van der Waals surface area contributed by atoms with E-state index in [1.54, 1.807) is 22.8 Å². The number of carbonyl (C=O) groups is 1. The number of fused-ring (bicyclic) bond motifs is 2. The van der Waals surface area contributed by atoms with E-state index in [4.69, 9.17) is 4.74 Å². The van der Waals surface area contributed by atoms with Crippen molar-refractivity contribution in [1.82, 2.24) is 9.55 Å². The van der Waals surface area contributed by atoms with Crippen molar-refractivity contribution < 1.29 is 9.53 Å². The van der Waals surface area contributed by atoms with Gasteiger partial charge in [-0.05, 0) is 42.7 Å². The molecule has 5 nitrogen and oxygen atoms in total. The molecule has 3 aromatic rings. The average molecular weight is 334 g/mol. The van der Waals surface area contributed by atoms with Gasteiger partial charge in [0.2, 0.25) is 0 Å². The number of esters is 1. The Morgan fingerprint density at radius 1 is 1.24 bits per heavy atom. The van der Waals surface area contributed by atoms with E-state index in [2.05, 4.69) is 4.98 Å². The number of ether oxygens (including phenoxy) is 1. The third-order valence-electron chi connectivity index (χ3n) is 4.67. The number of aryl methyl sites for hydroxylation is 2. The fourth-order valence-electron chi connectivity index (χ4n) is 3.21. The molecular formula is C20H18N2O3. The number of hydrogen-bond acceptors (Lipinski definition) is 4. The summed E-state index contributed by atoms with van der Waals surface area (Å²) in [5.74, 6) is 0.385. The van der Waals surface area contributed by atoms with Gasteiger partial charge in [0.1, 0.15) is 12.4 Å². The molecule has 0 N–H and O–H groups in total. The maximum absolute atomic E-state index is 12.5. The van der Waals surface area contributed by atoms with Gasteiger partial charge in [-0.1, -0.05) is 24.3 Å². The summed E-state index contributed by atoms with van der Waals surface area (Å²) in [5.41, 5.74) is 3.00. The van der Waals surface area contributed by atoms with Crippen LogP contribution >= 0.6 is 0 Å². The van der Waals surface area contributed by atoms with E-state index in [0.717, 1.165) is 36.3 Å². The minimum absolute atomic E-state index is 0.0303. The Hall–Kier alpha value is -2.95. The molecule has 5 heteroatoms. The van der Waals surface area contributed by atoms with Crippen molar-refractivity contribution in [3.63, 3.8) is 0 Å². The van der Waals surface area contributed by atoms with E-state index < -0.39 is 5.97 Å². The van der Waals surface area contributed by atoms with Crippen LogP contribution in [0.4, 0.5) is 0 Å². The fourth-order valence-corrected chi connectivity index (χ4v) is 3.21. The maximum Gasteiger partial charge on any atom is 0.338 e. The van der Waals surface area contributed by atoms with Crippen molar-refractivity contribution in [2.24, 2.45) is 0 Å². The first-order chi connectivity index (χ1) is 12.1. The normalized spacial score (nSPS) is 13.0. The molecule has 1 aliphatic heterocycles. The predicted molar refractivity (Wildman–Crippen MR) is 94.6 cm³/mol. The summed E-state index contributed by atoms with van der Waals surface area (Å²) in [6.07, 6.45) is 1.73. The van der Waals surface area contributed by atoms with Gasteiger partial charge in [0.25, 0.3) is 5.56 Å². The highest BCUT2D eigenvalue weighted by Crippen LogP contribution is 2.17. The number of aromatic nitrogens is 2. The number of benzene rings is 2. The van der Waals surface area contributed by atoms with E-state index in [9.17, 15) is 9.59 Å². The smallest absolute Gasteiger partial charge is 0.338 e. The number of rotatable bonds is 3. The second-order valence-electron chi connectivity index (χ2n) is 6.32. The van der Waals surface area contributed by atoms with Crippen molar-refractivity contribution in [1.29, 1.82) is 0 Å². The lowest BCUT2D eigenvalue weighted by Crippen LogP contribution is -2.21. The van der Waals surface area contributed by atoms with Crippen molar-refractivity contribution in [3.8, 4) is 0 Å². The molecule has 0 fully saturated rings. The molecule has 0 saturated heterocycles. The van der Waals surface area contributed by atoms with Gasteiger partial charge in [-0.3, -0.25) is 9.36 Å². The number of hydrogen-bond donors (Lipinski definition) is 0. The third kappa shape index (κ3) is 2.82. The summed E-state index contributed by atoms with van der Waals surface area (Å²) in [6, 6.07) is 12.7. The van der Waals surface area contributed by atoms with Gasteiger partial charge in [-0.15, -0.1) is 0 Å². The highest BCUT2D eigenvalue weighted by Gasteiger charge is 2.17. The Morgan fingerprint density at radius 3 is 2.92 bits per heavy atom. The first kappa shape index (κ1) is 15.6. The van der Waals surface area contributed by atoms with Crippen LogP contribution in [0.25, 0.3) is 10.9 Å². The van der Waals surface area contributed by atoms with Gasteiger partial charge in [0, 0.05) is 13.0 Å². The highest BCUT2D eigenvalue weighted by molar-refractivity contribution is 5.94. The molecule has 1 aromatic heterocycles. The second-order valence-corrected chi connectivity index (χ2v) is 6.32. The van der Waals surface area contributed by atoms with E-state index >= 15 is 0 Å². The molecule has 2 aromatic carbocycles. The van der Waals surface area contributed by atoms with E-state index in [1.807, 2.05) is 31.2 Å². The molecule has 0 amide bonds. The van der Waals surface area contributed by atoms with Crippen LogP contribution in [0.3, 0.4) is 0 Å². The molecule has 0 saturated carbocycles. The standard InChI is InChI=1S/C20H18N2O3/c1-13-5-2-3-6-15(13)12-25-20(24)14-8-9-16-17(11-14)21-18-7-4-10-22(18)19(16)23/h2-3,5-6,8-9,11H,4,7,10,12H2,1H3. The minimum Gasteiger partial charge on any atom is -0.457 e. The first-order valence-electron chi connectivity index (χ1n) is 8.38. The third-order valence-corrected chi connectivity index (χ3v) is 4.67. The molecule has 0 aliphatic carbocycles. The van der Waals surface area contributed by atoms with E-state index in [0.29, 0.717) is 16.5 Å². The molecule has 126 valence electrons. The van der Waals surface area contributed by atoms with Crippen molar-refractivity contribution in [3.05, 3.63) is 75.3 Å². The molecule has 25 heavy (non-hydrogen) atoms. The van der Waals surface area contributed by atoms with E-state index in [1.165, 1.54) is 0 Å². The Balaban J connectivity index is 1.61. The SMILES string of the molecule is Cc1ccccc1COC(=O)c1ccc2c(=O)n3c(nc2c1)CCC3. The zero-order valence-corrected chi connectivity index (χ0v) is 14.0. The van der Waals surface area contributed by atoms with Crippen molar-refractivity contribution in [2.45, 2.75) is 32.9 Å². The van der Waals surface area contributed by atoms with Crippen LogP contribution in [0, 0.1) is 6.92 Å². The first-order valence-corrected chi connectivity index (χ1v) is 8.38. The van der Waals surface area contributed by atoms with Gasteiger partial charge < -0.3 is 4.74 Å². The number of carbonyl (C=O) groups excluding carboxylic acids is 1. The lowest BCUT2D eigenvalue weighted by molar-refractivity contribution is 0.0472. The van der Waals surface area contributed by atoms with Crippen LogP contribution in [0.15, 0.2) is 47.3 Å². The summed E-state index contributed by atoms with van der Waals surface area (Å²) < 4.78 is 7.14. The van der Waals surface area contributed by atoms with Crippen LogP contribution in [-0.2, 0) is 24.3 Å². The summed E-state index contributed by atoms with van der Waals surface area (Å²) in [6.45, 7) is 2.93. The number of nitrogens with zero attached hydrogens (tertiary/aromatic N) is 2. The summed E-state index contributed by atoms with van der Waals surface area (Å²) in [7, 11) is 0. The van der Waals surface area contributed by atoms with Crippen LogP contribution in [0.1, 0.15) is 33.7 Å².